The second kappa shape index (κ2) is 6.71. The van der Waals surface area contributed by atoms with E-state index in [4.69, 9.17) is 9.47 Å². The van der Waals surface area contributed by atoms with Crippen LogP contribution in [0.25, 0.3) is 0 Å². The average Bonchev–Trinajstić information content (AvgIpc) is 3.12. The van der Waals surface area contributed by atoms with Crippen molar-refractivity contribution in [3.8, 4) is 11.8 Å². The third kappa shape index (κ3) is 2.54. The van der Waals surface area contributed by atoms with Gasteiger partial charge in [0.2, 0.25) is 0 Å². The van der Waals surface area contributed by atoms with Crippen LogP contribution in [0.4, 0.5) is 0 Å². The number of amides is 1. The number of hydrogen-bond acceptors (Lipinski definition) is 4. The summed E-state index contributed by atoms with van der Waals surface area (Å²) in [5.41, 5.74) is 2.42. The van der Waals surface area contributed by atoms with Gasteiger partial charge >= 0.3 is 0 Å². The molecule has 0 bridgehead atoms. The predicted octanol–water partition coefficient (Wildman–Crippen LogP) is 4.74. The van der Waals surface area contributed by atoms with Crippen LogP contribution in [0.2, 0.25) is 0 Å². The van der Waals surface area contributed by atoms with E-state index in [2.05, 4.69) is 55.0 Å². The van der Waals surface area contributed by atoms with Gasteiger partial charge in [-0.25, -0.2) is 0 Å². The summed E-state index contributed by atoms with van der Waals surface area (Å²) < 4.78 is 13.2. The summed E-state index contributed by atoms with van der Waals surface area (Å²) in [5.74, 6) is 1.51. The third-order valence-corrected chi connectivity index (χ3v) is 11.1. The second-order valence-corrected chi connectivity index (χ2v) is 11.9. The first-order valence-corrected chi connectivity index (χ1v) is 12.2. The average molecular weight is 487 g/mol. The molecule has 2 aliphatic heterocycles. The van der Waals surface area contributed by atoms with Crippen molar-refractivity contribution in [2.24, 2.45) is 22.7 Å². The van der Waals surface area contributed by atoms with Crippen molar-refractivity contribution < 1.29 is 14.3 Å². The van der Waals surface area contributed by atoms with Gasteiger partial charge in [0, 0.05) is 41.8 Å². The lowest BCUT2D eigenvalue weighted by Crippen LogP contribution is -2.72. The lowest BCUT2D eigenvalue weighted by atomic mass is 9.43. The number of halogens is 1. The molecule has 1 N–H and O–H groups in total. The molecule has 5 nitrogen and oxygen atoms in total. The van der Waals surface area contributed by atoms with Crippen LogP contribution < -0.4 is 10.1 Å². The molecule has 2 heterocycles. The molecule has 31 heavy (non-hydrogen) atoms. The Labute approximate surface area is 193 Å². The Bertz CT molecular complexity index is 1010. The number of rotatable bonds is 1. The van der Waals surface area contributed by atoms with Crippen molar-refractivity contribution in [1.82, 2.24) is 5.32 Å². The lowest BCUT2D eigenvalue weighted by molar-refractivity contribution is -0.229. The number of nitrogens with zero attached hydrogens (tertiary/aromatic N) is 1. The van der Waals surface area contributed by atoms with E-state index in [1.165, 1.54) is 6.42 Å². The summed E-state index contributed by atoms with van der Waals surface area (Å²) in [7, 11) is 1.80. The van der Waals surface area contributed by atoms with Gasteiger partial charge in [0.1, 0.15) is 11.4 Å². The van der Waals surface area contributed by atoms with Crippen LogP contribution in [0, 0.1) is 34.0 Å². The highest BCUT2D eigenvalue weighted by atomic mass is 79.9. The molecule has 1 amide bonds. The Morgan fingerprint density at radius 3 is 2.74 bits per heavy atom. The Hall–Kier alpha value is -1.58. The quantitative estimate of drug-likeness (QED) is 0.582. The highest BCUT2D eigenvalue weighted by Gasteiger charge is 2.69. The number of fused-ring (bicyclic) bond motifs is 3. The molecular formula is C25H31BrN2O3. The van der Waals surface area contributed by atoms with Crippen molar-refractivity contribution in [2.45, 2.75) is 76.5 Å². The lowest BCUT2D eigenvalue weighted by Gasteiger charge is -2.68. The first kappa shape index (κ1) is 21.3. The summed E-state index contributed by atoms with van der Waals surface area (Å²) in [6.45, 7) is 9.84. The van der Waals surface area contributed by atoms with E-state index in [1.807, 2.05) is 6.07 Å². The van der Waals surface area contributed by atoms with E-state index < -0.39 is 0 Å². The van der Waals surface area contributed by atoms with Crippen LogP contribution in [-0.4, -0.2) is 29.5 Å². The van der Waals surface area contributed by atoms with Gasteiger partial charge < -0.3 is 14.8 Å². The molecular weight excluding hydrogens is 456 g/mol. The number of nitriles is 1. The molecule has 2 unspecified atom stereocenters. The van der Waals surface area contributed by atoms with Gasteiger partial charge in [-0.05, 0) is 42.2 Å². The summed E-state index contributed by atoms with van der Waals surface area (Å²) in [6, 6.07) is 4.16. The summed E-state index contributed by atoms with van der Waals surface area (Å²) >= 11 is 3.98. The maximum absolute atomic E-state index is 12.5. The fourth-order valence-electron chi connectivity index (χ4n) is 7.35. The van der Waals surface area contributed by atoms with E-state index >= 15 is 0 Å². The molecule has 1 aromatic carbocycles. The molecule has 166 valence electrons. The third-order valence-electron chi connectivity index (χ3n) is 9.32. The largest absolute Gasteiger partial charge is 0.486 e. The predicted molar refractivity (Wildman–Crippen MR) is 121 cm³/mol. The zero-order chi connectivity index (χ0) is 22.3. The number of ether oxygens (including phenoxy) is 2. The van der Waals surface area contributed by atoms with Crippen LogP contribution in [0.15, 0.2) is 6.07 Å². The molecule has 2 aliphatic carbocycles. The topological polar surface area (TPSA) is 71.3 Å². The number of alkyl halides is 1. The monoisotopic (exact) mass is 486 g/mol. The Balaban J connectivity index is 1.75. The van der Waals surface area contributed by atoms with E-state index in [1.54, 1.807) is 7.11 Å². The standard InChI is InChI=1S/C25H31BrN2O3/c1-13-6-7-18-23(2,3)21(26)17(30-5)10-25(18)24(13,4)9-14-8-15(11-27)19-16(20(14)31-25)12-28-22(19)29/h8,13,17-18,21H,6-7,9-10,12H2,1-5H3,(H,28,29)/t13-,17?,18-,21?,24+,25-/m0/s1. The number of hydrogen-bond donors (Lipinski definition) is 1. The normalized spacial score (nSPS) is 39.8. The number of carbonyl (C=O) groups is 1. The van der Waals surface area contributed by atoms with Crippen LogP contribution in [0.3, 0.4) is 0 Å². The van der Waals surface area contributed by atoms with Crippen LogP contribution >= 0.6 is 15.9 Å². The molecule has 0 saturated heterocycles. The van der Waals surface area contributed by atoms with E-state index in [0.29, 0.717) is 29.5 Å². The van der Waals surface area contributed by atoms with Gasteiger partial charge in [-0.15, -0.1) is 0 Å². The molecule has 0 aromatic heterocycles. The first-order chi connectivity index (χ1) is 14.6. The maximum atomic E-state index is 12.5. The molecule has 2 fully saturated rings. The molecule has 1 aromatic rings. The van der Waals surface area contributed by atoms with Gasteiger partial charge in [-0.3, -0.25) is 4.79 Å². The van der Waals surface area contributed by atoms with E-state index in [-0.39, 0.29) is 33.3 Å². The first-order valence-electron chi connectivity index (χ1n) is 11.3. The SMILES string of the molecule is COC1C[C@@]23Oc4c(cc(C#N)c5c4CNC5=O)C[C@]2(C)[C@@H](C)CC[C@H]3C(C)(C)C1Br. The Kier molecular flexibility index (Phi) is 4.61. The van der Waals surface area contributed by atoms with E-state index in [0.717, 1.165) is 36.1 Å². The number of benzene rings is 1. The minimum atomic E-state index is -0.375. The number of methoxy groups -OCH3 is 1. The summed E-state index contributed by atoms with van der Waals surface area (Å²) in [5, 5.41) is 12.6. The smallest absolute Gasteiger partial charge is 0.253 e. The molecule has 0 radical (unpaired) electrons. The molecule has 5 rings (SSSR count). The number of nitrogens with one attached hydrogen (secondary N) is 1. The molecule has 1 spiro atoms. The van der Waals surface area contributed by atoms with Gasteiger partial charge in [-0.2, -0.15) is 5.26 Å². The van der Waals surface area contributed by atoms with Gasteiger partial charge in [0.05, 0.1) is 23.3 Å². The fourth-order valence-corrected chi connectivity index (χ4v) is 8.07. The second-order valence-electron chi connectivity index (χ2n) is 10.9. The van der Waals surface area contributed by atoms with Crippen molar-refractivity contribution in [2.75, 3.05) is 7.11 Å². The molecule has 2 saturated carbocycles. The van der Waals surface area contributed by atoms with Crippen LogP contribution in [0.5, 0.6) is 5.75 Å². The minimum absolute atomic E-state index is 0.0122. The molecule has 6 heteroatoms. The maximum Gasteiger partial charge on any atom is 0.253 e. The zero-order valence-corrected chi connectivity index (χ0v) is 20.6. The highest BCUT2D eigenvalue weighted by molar-refractivity contribution is 9.09. The van der Waals surface area contributed by atoms with Gasteiger partial charge in [-0.1, -0.05) is 43.6 Å². The molecule has 4 aliphatic rings. The highest BCUT2D eigenvalue weighted by Crippen LogP contribution is 2.67. The number of carbonyl (C=O) groups excluding carboxylic acids is 1. The Morgan fingerprint density at radius 2 is 2.06 bits per heavy atom. The van der Waals surface area contributed by atoms with Crippen LogP contribution in [0.1, 0.15) is 74.0 Å². The van der Waals surface area contributed by atoms with Crippen LogP contribution in [-0.2, 0) is 17.7 Å². The fraction of sp³-hybridized carbons (Fsp3) is 0.680. The van der Waals surface area contributed by atoms with Gasteiger partial charge in [0.25, 0.3) is 5.91 Å². The summed E-state index contributed by atoms with van der Waals surface area (Å²) in [4.78, 5) is 12.8. The Morgan fingerprint density at radius 1 is 1.32 bits per heavy atom. The van der Waals surface area contributed by atoms with Crippen molar-refractivity contribution in [3.05, 3.63) is 28.3 Å². The van der Waals surface area contributed by atoms with Crippen molar-refractivity contribution in [1.29, 1.82) is 5.26 Å². The van der Waals surface area contributed by atoms with Crippen molar-refractivity contribution in [3.63, 3.8) is 0 Å². The van der Waals surface area contributed by atoms with Gasteiger partial charge in [0.15, 0.2) is 0 Å². The summed E-state index contributed by atoms with van der Waals surface area (Å²) in [6.07, 6.45) is 4.01. The molecule has 6 atom stereocenters. The van der Waals surface area contributed by atoms with E-state index in [9.17, 15) is 10.1 Å². The zero-order valence-electron chi connectivity index (χ0n) is 19.0. The minimum Gasteiger partial charge on any atom is -0.486 e. The van der Waals surface area contributed by atoms with Crippen molar-refractivity contribution >= 4 is 21.8 Å².